The number of nitrogens with two attached hydrogens (primary N) is 1. The van der Waals surface area contributed by atoms with Crippen LogP contribution in [0.4, 0.5) is 13.2 Å². The molecule has 0 radical (unpaired) electrons. The van der Waals surface area contributed by atoms with Gasteiger partial charge in [0.2, 0.25) is 5.82 Å². The summed E-state index contributed by atoms with van der Waals surface area (Å²) in [7, 11) is 0. The second-order valence-electron chi connectivity index (χ2n) is 7.14. The van der Waals surface area contributed by atoms with Crippen LogP contribution in [0.15, 0.2) is 18.2 Å². The van der Waals surface area contributed by atoms with Gasteiger partial charge in [-0.05, 0) is 44.4 Å². The molecule has 0 spiro atoms. The Kier molecular flexibility index (Phi) is 9.76. The zero-order chi connectivity index (χ0) is 19.6. The summed E-state index contributed by atoms with van der Waals surface area (Å²) in [4.78, 5) is 16.2. The Labute approximate surface area is 175 Å². The fourth-order valence-electron chi connectivity index (χ4n) is 3.01. The SMILES string of the molecule is CC(C)CC(CN)NC(=O)c1ccc2c(c1)nc(C(F)(F)F)n2C(C)C.Cl.Cl. The van der Waals surface area contributed by atoms with Crippen molar-refractivity contribution in [1.82, 2.24) is 14.9 Å². The Balaban J connectivity index is 0.00000364. The number of benzene rings is 1. The van der Waals surface area contributed by atoms with Crippen LogP contribution in [0.5, 0.6) is 0 Å². The summed E-state index contributed by atoms with van der Waals surface area (Å²) in [5, 5.41) is 2.83. The highest BCUT2D eigenvalue weighted by Crippen LogP contribution is 2.33. The van der Waals surface area contributed by atoms with E-state index in [-0.39, 0.29) is 47.8 Å². The van der Waals surface area contributed by atoms with Crippen molar-refractivity contribution in [3.8, 4) is 0 Å². The van der Waals surface area contributed by atoms with Crippen LogP contribution in [-0.2, 0) is 6.18 Å². The third-order valence-corrected chi connectivity index (χ3v) is 4.10. The highest BCUT2D eigenvalue weighted by atomic mass is 35.5. The normalized spacial score (nSPS) is 12.6. The van der Waals surface area contributed by atoms with Gasteiger partial charge in [0.05, 0.1) is 11.0 Å². The maximum atomic E-state index is 13.3. The number of halogens is 5. The minimum absolute atomic E-state index is 0. The number of alkyl halides is 3. The van der Waals surface area contributed by atoms with E-state index in [4.69, 9.17) is 5.73 Å². The molecule has 1 atom stereocenters. The molecule has 2 rings (SSSR count). The van der Waals surface area contributed by atoms with Gasteiger partial charge in [0.15, 0.2) is 0 Å². The van der Waals surface area contributed by atoms with Crippen molar-refractivity contribution < 1.29 is 18.0 Å². The number of carbonyl (C=O) groups excluding carboxylic acids is 1. The van der Waals surface area contributed by atoms with Crippen molar-refractivity contribution >= 4 is 41.8 Å². The number of carbonyl (C=O) groups is 1. The minimum atomic E-state index is -4.56. The van der Waals surface area contributed by atoms with Crippen molar-refractivity contribution in [2.24, 2.45) is 11.7 Å². The third-order valence-electron chi connectivity index (χ3n) is 4.10. The zero-order valence-electron chi connectivity index (χ0n) is 16.2. The molecular weight excluding hydrogens is 416 g/mol. The van der Waals surface area contributed by atoms with E-state index in [0.29, 0.717) is 18.0 Å². The van der Waals surface area contributed by atoms with E-state index in [9.17, 15) is 18.0 Å². The summed E-state index contributed by atoms with van der Waals surface area (Å²) in [5.41, 5.74) is 6.45. The van der Waals surface area contributed by atoms with Crippen LogP contribution in [-0.4, -0.2) is 28.0 Å². The molecular formula is C18H27Cl2F3N4O. The number of hydrogen-bond donors (Lipinski definition) is 2. The highest BCUT2D eigenvalue weighted by Gasteiger charge is 2.38. The van der Waals surface area contributed by atoms with Gasteiger partial charge in [-0.25, -0.2) is 4.98 Å². The van der Waals surface area contributed by atoms with Gasteiger partial charge in [-0.2, -0.15) is 13.2 Å². The number of rotatable bonds is 6. The molecule has 1 aromatic heterocycles. The molecule has 28 heavy (non-hydrogen) atoms. The molecule has 10 heteroatoms. The maximum Gasteiger partial charge on any atom is 0.449 e. The molecule has 0 saturated heterocycles. The van der Waals surface area contributed by atoms with E-state index < -0.39 is 18.0 Å². The number of fused-ring (bicyclic) bond motifs is 1. The van der Waals surface area contributed by atoms with Crippen LogP contribution in [0.3, 0.4) is 0 Å². The number of nitrogens with one attached hydrogen (secondary N) is 1. The van der Waals surface area contributed by atoms with E-state index in [1.807, 2.05) is 13.8 Å². The molecule has 3 N–H and O–H groups in total. The standard InChI is InChI=1S/C18H25F3N4O.2ClH/c1-10(2)7-13(9-22)23-16(26)12-5-6-15-14(8-12)24-17(18(19,20)21)25(15)11(3)4;;/h5-6,8,10-11,13H,7,9,22H2,1-4H3,(H,23,26);2*1H. The van der Waals surface area contributed by atoms with Crippen molar-refractivity contribution in [3.05, 3.63) is 29.6 Å². The summed E-state index contributed by atoms with van der Waals surface area (Å²) >= 11 is 0. The van der Waals surface area contributed by atoms with Crippen LogP contribution in [0, 0.1) is 5.92 Å². The smallest absolute Gasteiger partial charge is 0.348 e. The predicted octanol–water partition coefficient (Wildman–Crippen LogP) is 4.58. The second-order valence-corrected chi connectivity index (χ2v) is 7.14. The van der Waals surface area contributed by atoms with Crippen molar-refractivity contribution in [3.63, 3.8) is 0 Å². The summed E-state index contributed by atoms with van der Waals surface area (Å²) in [6, 6.07) is 3.82. The molecule has 1 unspecified atom stereocenters. The van der Waals surface area contributed by atoms with Gasteiger partial charge in [-0.3, -0.25) is 4.79 Å². The minimum Gasteiger partial charge on any atom is -0.348 e. The molecule has 2 aromatic rings. The van der Waals surface area contributed by atoms with E-state index in [0.717, 1.165) is 11.0 Å². The van der Waals surface area contributed by atoms with Gasteiger partial charge < -0.3 is 15.6 Å². The number of imidazole rings is 1. The molecule has 0 saturated carbocycles. The molecule has 0 fully saturated rings. The van der Waals surface area contributed by atoms with Gasteiger partial charge in [0.25, 0.3) is 5.91 Å². The molecule has 160 valence electrons. The van der Waals surface area contributed by atoms with E-state index in [1.165, 1.54) is 18.2 Å². The largest absolute Gasteiger partial charge is 0.449 e. The van der Waals surface area contributed by atoms with Gasteiger partial charge >= 0.3 is 6.18 Å². The average Bonchev–Trinajstić information content (AvgIpc) is 2.92. The first-order valence-electron chi connectivity index (χ1n) is 8.64. The van der Waals surface area contributed by atoms with E-state index >= 15 is 0 Å². The first kappa shape index (κ1) is 26.5. The van der Waals surface area contributed by atoms with Crippen LogP contribution in [0.25, 0.3) is 11.0 Å². The molecule has 5 nitrogen and oxygen atoms in total. The summed E-state index contributed by atoms with van der Waals surface area (Å²) in [6.07, 6.45) is -3.84. The topological polar surface area (TPSA) is 72.9 Å². The van der Waals surface area contributed by atoms with Crippen molar-refractivity contribution in [1.29, 1.82) is 0 Å². The molecule has 1 amide bonds. The number of aromatic nitrogens is 2. The summed E-state index contributed by atoms with van der Waals surface area (Å²) in [5.74, 6) is -0.960. The highest BCUT2D eigenvalue weighted by molar-refractivity contribution is 5.97. The van der Waals surface area contributed by atoms with Crippen molar-refractivity contribution in [2.45, 2.75) is 52.4 Å². The van der Waals surface area contributed by atoms with E-state index in [1.54, 1.807) is 13.8 Å². The summed E-state index contributed by atoms with van der Waals surface area (Å²) in [6.45, 7) is 7.67. The third kappa shape index (κ3) is 5.99. The molecule has 1 aromatic carbocycles. The number of amides is 1. The first-order chi connectivity index (χ1) is 12.0. The van der Waals surface area contributed by atoms with Gasteiger partial charge in [-0.1, -0.05) is 13.8 Å². The van der Waals surface area contributed by atoms with Crippen LogP contribution < -0.4 is 11.1 Å². The Bertz CT molecular complexity index is 791. The number of hydrogen-bond acceptors (Lipinski definition) is 3. The fourth-order valence-corrected chi connectivity index (χ4v) is 3.01. The van der Waals surface area contributed by atoms with E-state index in [2.05, 4.69) is 10.3 Å². The second kappa shape index (κ2) is 10.3. The van der Waals surface area contributed by atoms with Crippen LogP contribution in [0.2, 0.25) is 0 Å². The van der Waals surface area contributed by atoms with Gasteiger partial charge in [0.1, 0.15) is 0 Å². The van der Waals surface area contributed by atoms with Gasteiger partial charge in [-0.15, -0.1) is 24.8 Å². The maximum absolute atomic E-state index is 13.3. The first-order valence-corrected chi connectivity index (χ1v) is 8.64. The number of nitrogens with zero attached hydrogens (tertiary/aromatic N) is 2. The van der Waals surface area contributed by atoms with Crippen LogP contribution >= 0.6 is 24.8 Å². The molecule has 0 aliphatic carbocycles. The van der Waals surface area contributed by atoms with Crippen LogP contribution in [0.1, 0.15) is 56.3 Å². The molecule has 0 aliphatic rings. The lowest BCUT2D eigenvalue weighted by atomic mass is 10.0. The molecule has 0 bridgehead atoms. The lowest BCUT2D eigenvalue weighted by molar-refractivity contribution is -0.147. The Hall–Kier alpha value is -1.51. The quantitative estimate of drug-likeness (QED) is 0.687. The molecule has 1 heterocycles. The van der Waals surface area contributed by atoms with Crippen molar-refractivity contribution in [2.75, 3.05) is 6.54 Å². The Morgan fingerprint density at radius 3 is 2.29 bits per heavy atom. The Morgan fingerprint density at radius 1 is 1.21 bits per heavy atom. The lowest BCUT2D eigenvalue weighted by Crippen LogP contribution is -2.41. The zero-order valence-corrected chi connectivity index (χ0v) is 17.8. The fraction of sp³-hybridized carbons (Fsp3) is 0.556. The summed E-state index contributed by atoms with van der Waals surface area (Å²) < 4.78 is 40.9. The lowest BCUT2D eigenvalue weighted by Gasteiger charge is -2.19. The predicted molar refractivity (Wildman–Crippen MR) is 109 cm³/mol. The average molecular weight is 443 g/mol. The Morgan fingerprint density at radius 2 is 1.82 bits per heavy atom. The molecule has 0 aliphatic heterocycles. The van der Waals surface area contributed by atoms with Gasteiger partial charge in [0, 0.05) is 24.2 Å². The monoisotopic (exact) mass is 442 g/mol.